The van der Waals surface area contributed by atoms with Crippen molar-refractivity contribution in [3.05, 3.63) is 71.0 Å². The van der Waals surface area contributed by atoms with Crippen LogP contribution in [0.4, 0.5) is 19.0 Å². The molecule has 0 unspecified atom stereocenters. The first-order chi connectivity index (χ1) is 27.7. The molecule has 1 amide bonds. The average molecular weight is 811 g/mol. The summed E-state index contributed by atoms with van der Waals surface area (Å²) in [6.45, 7) is 5.30. The van der Waals surface area contributed by atoms with E-state index in [0.717, 1.165) is 50.7 Å². The van der Waals surface area contributed by atoms with Gasteiger partial charge in [-0.05, 0) is 116 Å². The van der Waals surface area contributed by atoms with Crippen LogP contribution >= 0.6 is 0 Å². The zero-order chi connectivity index (χ0) is 40.8. The number of carbonyl (C=O) groups excluding carboxylic acids is 1. The fourth-order valence-corrected chi connectivity index (χ4v) is 10.7. The molecule has 16 heteroatoms. The second-order valence-electron chi connectivity index (χ2n) is 17.1. The van der Waals surface area contributed by atoms with Crippen LogP contribution < -0.4 is 15.0 Å². The minimum Gasteiger partial charge on any atom is -0.508 e. The lowest BCUT2D eigenvalue weighted by molar-refractivity contribution is -0.185. The van der Waals surface area contributed by atoms with Crippen molar-refractivity contribution < 1.29 is 47.9 Å². The molecule has 5 aliphatic rings. The maximum Gasteiger partial charge on any atom is 0.433 e. The predicted molar refractivity (Wildman–Crippen MR) is 205 cm³/mol. The van der Waals surface area contributed by atoms with Crippen LogP contribution in [0.5, 0.6) is 11.6 Å². The highest BCUT2D eigenvalue weighted by Crippen LogP contribution is 2.65. The Morgan fingerprint density at radius 3 is 2.59 bits per heavy atom. The number of piperazine rings is 1. The summed E-state index contributed by atoms with van der Waals surface area (Å²) in [6, 6.07) is 12.5. The van der Waals surface area contributed by atoms with Crippen molar-refractivity contribution in [1.29, 1.82) is 0 Å². The number of aliphatic hydroxyl groups excluding tert-OH is 2. The lowest BCUT2D eigenvalue weighted by Crippen LogP contribution is -2.59. The Bertz CT molecular complexity index is 1930. The van der Waals surface area contributed by atoms with Gasteiger partial charge in [-0.15, -0.1) is 10.2 Å². The van der Waals surface area contributed by atoms with E-state index < -0.39 is 41.9 Å². The molecule has 0 radical (unpaired) electrons. The number of aromatic nitrogens is 3. The minimum atomic E-state index is -4.65. The standard InChI is InChI=1S/C42H53F3N6O7/c1-40-15-12-28-27-9-7-26(52)22-25(27)6-8-29(28)30(40)13-16-41(40,56)14-3-17-46-39(55)31-10-11-35(49-48-31)51-20-18-50(19-21-51)23-32-37(53)38(54)33(24-57-32)58-36-5-2-4-34(47-36)42(43,44)45/h2,4-5,7,9-11,22,28-30,32-33,37-38,52-54,56H,3,6,8,12-21,23-24H2,1H3,(H,46,55)/t28-,29-,30+,32-,33+,37+,38-,40+,41+/m1/s1. The largest absolute Gasteiger partial charge is 0.508 e. The number of phenols is 1. The van der Waals surface area contributed by atoms with E-state index in [1.54, 1.807) is 12.1 Å². The second kappa shape index (κ2) is 16.2. The number of rotatable bonds is 10. The van der Waals surface area contributed by atoms with Gasteiger partial charge in [0, 0.05) is 45.3 Å². The highest BCUT2D eigenvalue weighted by Gasteiger charge is 2.61. The maximum absolute atomic E-state index is 13.0. The zero-order valence-corrected chi connectivity index (χ0v) is 32.7. The summed E-state index contributed by atoms with van der Waals surface area (Å²) in [6.07, 6.45) is -2.06. The number of ether oxygens (including phenoxy) is 2. The van der Waals surface area contributed by atoms with Crippen LogP contribution in [0.25, 0.3) is 0 Å². The summed E-state index contributed by atoms with van der Waals surface area (Å²) in [5.74, 6) is 1.80. The molecule has 4 fully saturated rings. The van der Waals surface area contributed by atoms with Crippen LogP contribution in [0.2, 0.25) is 0 Å². The highest BCUT2D eigenvalue weighted by atomic mass is 19.4. The molecule has 2 aromatic heterocycles. The molecule has 2 saturated carbocycles. The number of halogens is 3. The van der Waals surface area contributed by atoms with E-state index in [4.69, 9.17) is 9.47 Å². The van der Waals surface area contributed by atoms with E-state index in [2.05, 4.69) is 38.4 Å². The third-order valence-corrected chi connectivity index (χ3v) is 14.0. The third-order valence-electron chi connectivity index (χ3n) is 14.0. The summed E-state index contributed by atoms with van der Waals surface area (Å²) in [5, 5.41) is 55.1. The molecule has 2 saturated heterocycles. The van der Waals surface area contributed by atoms with E-state index in [1.165, 1.54) is 17.2 Å². The topological polar surface area (TPSA) is 174 Å². The summed E-state index contributed by atoms with van der Waals surface area (Å²) in [5.41, 5.74) is 0.808. The smallest absolute Gasteiger partial charge is 0.433 e. The van der Waals surface area contributed by atoms with Gasteiger partial charge in [0.25, 0.3) is 5.91 Å². The molecule has 314 valence electrons. The molecule has 0 spiro atoms. The summed E-state index contributed by atoms with van der Waals surface area (Å²) in [4.78, 5) is 20.6. The van der Waals surface area contributed by atoms with Gasteiger partial charge in [-0.1, -0.05) is 19.1 Å². The van der Waals surface area contributed by atoms with Gasteiger partial charge in [-0.3, -0.25) is 9.69 Å². The zero-order valence-electron chi connectivity index (χ0n) is 32.7. The quantitative estimate of drug-likeness (QED) is 0.186. The molecule has 8 rings (SSSR count). The number of anilines is 1. The Labute approximate surface area is 335 Å². The number of fused-ring (bicyclic) bond motifs is 5. The highest BCUT2D eigenvalue weighted by molar-refractivity contribution is 5.92. The Kier molecular flexibility index (Phi) is 11.3. The number of aromatic hydroxyl groups is 1. The van der Waals surface area contributed by atoms with Gasteiger partial charge in [-0.2, -0.15) is 13.2 Å². The van der Waals surface area contributed by atoms with Crippen molar-refractivity contribution in [3.63, 3.8) is 0 Å². The lowest BCUT2D eigenvalue weighted by Gasteiger charge is -2.53. The molecule has 9 atom stereocenters. The van der Waals surface area contributed by atoms with Gasteiger partial charge >= 0.3 is 6.18 Å². The van der Waals surface area contributed by atoms with Crippen LogP contribution in [-0.2, 0) is 17.3 Å². The number of aryl methyl sites for hydroxylation is 1. The van der Waals surface area contributed by atoms with Crippen molar-refractivity contribution in [3.8, 4) is 11.6 Å². The van der Waals surface area contributed by atoms with E-state index in [1.807, 2.05) is 17.0 Å². The molecule has 3 aromatic rings. The number of hydrogen-bond acceptors (Lipinski definition) is 12. The number of nitrogens with one attached hydrogen (secondary N) is 1. The first-order valence-corrected chi connectivity index (χ1v) is 20.5. The van der Waals surface area contributed by atoms with Gasteiger partial charge in [-0.25, -0.2) is 4.98 Å². The number of pyridine rings is 1. The molecular weight excluding hydrogens is 757 g/mol. The number of nitrogens with zero attached hydrogens (tertiary/aromatic N) is 5. The van der Waals surface area contributed by atoms with Crippen LogP contribution in [0.1, 0.15) is 85.1 Å². The fraction of sp³-hybridized carbons (Fsp3) is 0.619. The van der Waals surface area contributed by atoms with Gasteiger partial charge in [0.2, 0.25) is 5.88 Å². The summed E-state index contributed by atoms with van der Waals surface area (Å²) in [7, 11) is 0. The molecule has 0 bridgehead atoms. The van der Waals surface area contributed by atoms with Gasteiger partial charge in [0.05, 0.1) is 18.3 Å². The van der Waals surface area contributed by atoms with Crippen molar-refractivity contribution in [1.82, 2.24) is 25.4 Å². The predicted octanol–water partition coefficient (Wildman–Crippen LogP) is 4.08. The van der Waals surface area contributed by atoms with Gasteiger partial charge in [0.15, 0.2) is 17.6 Å². The van der Waals surface area contributed by atoms with E-state index in [0.29, 0.717) is 81.4 Å². The first-order valence-electron chi connectivity index (χ1n) is 20.5. The molecule has 3 aliphatic carbocycles. The normalized spacial score (nSPS) is 32.5. The Morgan fingerprint density at radius 2 is 1.83 bits per heavy atom. The van der Waals surface area contributed by atoms with Crippen molar-refractivity contribution >= 4 is 11.7 Å². The van der Waals surface area contributed by atoms with E-state index >= 15 is 0 Å². The molecule has 58 heavy (non-hydrogen) atoms. The molecule has 2 aliphatic heterocycles. The molecular formula is C42H53F3N6O7. The Balaban J connectivity index is 0.761. The summed E-state index contributed by atoms with van der Waals surface area (Å²) >= 11 is 0. The SMILES string of the molecule is C[C@]12CC[C@@H]3c4ccc(O)cc4CC[C@H]3[C@@H]1CC[C@@]2(O)CCCNC(=O)c1ccc(N2CCN(C[C@H]3OC[C@H](Oc4cccc(C(F)(F)F)n4)[C@@H](O)[C@H]3O)CC2)nn1. The number of amides is 1. The maximum atomic E-state index is 13.0. The number of alkyl halides is 3. The number of benzene rings is 1. The van der Waals surface area contributed by atoms with Gasteiger partial charge < -0.3 is 40.1 Å². The molecule has 4 heterocycles. The van der Waals surface area contributed by atoms with Crippen LogP contribution in [-0.4, -0.2) is 122 Å². The second-order valence-corrected chi connectivity index (χ2v) is 17.1. The molecule has 1 aromatic carbocycles. The fourth-order valence-electron chi connectivity index (χ4n) is 10.7. The van der Waals surface area contributed by atoms with Gasteiger partial charge in [0.1, 0.15) is 23.7 Å². The average Bonchev–Trinajstić information content (AvgIpc) is 3.49. The molecule has 5 N–H and O–H groups in total. The number of phenolic OH excluding ortho intramolecular Hbond substituents is 1. The Hall–Kier alpha value is -4.09. The van der Waals surface area contributed by atoms with Crippen molar-refractivity contribution in [2.45, 2.75) is 100 Å². The van der Waals surface area contributed by atoms with E-state index in [9.17, 15) is 38.4 Å². The van der Waals surface area contributed by atoms with E-state index in [-0.39, 0.29) is 29.5 Å². The monoisotopic (exact) mass is 810 g/mol. The van der Waals surface area contributed by atoms with Crippen molar-refractivity contribution in [2.75, 3.05) is 50.8 Å². The Morgan fingerprint density at radius 1 is 1.02 bits per heavy atom. The number of aliphatic hydroxyl groups is 3. The summed E-state index contributed by atoms with van der Waals surface area (Å²) < 4.78 is 50.4. The van der Waals surface area contributed by atoms with Crippen LogP contribution in [0.15, 0.2) is 48.5 Å². The third kappa shape index (κ3) is 7.97. The first kappa shape index (κ1) is 40.7. The lowest BCUT2D eigenvalue weighted by atomic mass is 9.53. The van der Waals surface area contributed by atoms with Crippen molar-refractivity contribution in [2.24, 2.45) is 17.3 Å². The van der Waals surface area contributed by atoms with Crippen LogP contribution in [0, 0.1) is 17.3 Å². The number of hydrogen-bond donors (Lipinski definition) is 5. The molecule has 13 nitrogen and oxygen atoms in total. The number of carbonyl (C=O) groups is 1. The minimum absolute atomic E-state index is 0.135. The van der Waals surface area contributed by atoms with Crippen LogP contribution in [0.3, 0.4) is 0 Å².